The van der Waals surface area contributed by atoms with E-state index in [2.05, 4.69) is 28.4 Å². The average Bonchev–Trinajstić information content (AvgIpc) is 2.85. The molecule has 0 aliphatic rings. The first-order valence-electron chi connectivity index (χ1n) is 5.55. The van der Waals surface area contributed by atoms with E-state index in [1.807, 2.05) is 31.0 Å². The van der Waals surface area contributed by atoms with E-state index in [1.54, 1.807) is 0 Å². The highest BCUT2D eigenvalue weighted by Gasteiger charge is 2.13. The molecule has 2 aromatic heterocycles. The molecule has 0 bridgehead atoms. The van der Waals surface area contributed by atoms with E-state index in [-0.39, 0.29) is 0 Å². The first kappa shape index (κ1) is 11.0. The fraction of sp³-hybridized carbons (Fsp3) is 0.417. The second kappa shape index (κ2) is 4.53. The highest BCUT2D eigenvalue weighted by atomic mass is 15.3. The fourth-order valence-electron chi connectivity index (χ4n) is 2.02. The van der Waals surface area contributed by atoms with Gasteiger partial charge in [-0.25, -0.2) is 0 Å². The number of H-pyrrole nitrogens is 1. The summed E-state index contributed by atoms with van der Waals surface area (Å²) >= 11 is 0. The summed E-state index contributed by atoms with van der Waals surface area (Å²) < 4.78 is 1.95. The van der Waals surface area contributed by atoms with Crippen molar-refractivity contribution in [2.45, 2.75) is 13.3 Å². The van der Waals surface area contributed by atoms with Crippen LogP contribution in [-0.4, -0.2) is 28.4 Å². The summed E-state index contributed by atoms with van der Waals surface area (Å²) in [5.41, 5.74) is 4.74. The number of hydrogen-bond donors (Lipinski definition) is 2. The molecular weight excluding hydrogens is 200 g/mol. The minimum absolute atomic E-state index is 0.960. The molecule has 0 atom stereocenters. The van der Waals surface area contributed by atoms with Crippen molar-refractivity contribution in [1.29, 1.82) is 0 Å². The minimum atomic E-state index is 0.960. The summed E-state index contributed by atoms with van der Waals surface area (Å²) in [7, 11) is 3.95. The quantitative estimate of drug-likeness (QED) is 0.816. The van der Waals surface area contributed by atoms with Crippen molar-refractivity contribution in [3.05, 3.63) is 29.6 Å². The molecule has 2 rings (SSSR count). The molecule has 0 amide bonds. The van der Waals surface area contributed by atoms with Gasteiger partial charge in [0.05, 0.1) is 17.1 Å². The van der Waals surface area contributed by atoms with Crippen molar-refractivity contribution in [2.24, 2.45) is 7.05 Å². The molecule has 0 saturated carbocycles. The van der Waals surface area contributed by atoms with Gasteiger partial charge in [-0.1, -0.05) is 0 Å². The predicted octanol–water partition coefficient (Wildman–Crippen LogP) is 1.49. The second-order valence-corrected chi connectivity index (χ2v) is 3.98. The van der Waals surface area contributed by atoms with Crippen LogP contribution in [0.15, 0.2) is 18.3 Å². The van der Waals surface area contributed by atoms with Gasteiger partial charge in [0.2, 0.25) is 0 Å². The minimum Gasteiger partial charge on any atom is -0.360 e. The zero-order valence-corrected chi connectivity index (χ0v) is 10.0. The van der Waals surface area contributed by atoms with Crippen LogP contribution >= 0.6 is 0 Å². The van der Waals surface area contributed by atoms with Gasteiger partial charge in [-0.05, 0) is 31.7 Å². The van der Waals surface area contributed by atoms with Gasteiger partial charge in [-0.15, -0.1) is 0 Å². The van der Waals surface area contributed by atoms with E-state index in [0.717, 1.165) is 18.7 Å². The lowest BCUT2D eigenvalue weighted by atomic mass is 10.1. The summed E-state index contributed by atoms with van der Waals surface area (Å²) in [6.45, 7) is 3.09. The molecule has 2 N–H and O–H groups in total. The molecule has 2 heterocycles. The van der Waals surface area contributed by atoms with Gasteiger partial charge in [0.15, 0.2) is 0 Å². The number of aromatic amines is 1. The van der Waals surface area contributed by atoms with Crippen LogP contribution in [0.25, 0.3) is 11.4 Å². The van der Waals surface area contributed by atoms with Crippen molar-refractivity contribution < 1.29 is 0 Å². The first-order valence-corrected chi connectivity index (χ1v) is 5.55. The highest BCUT2D eigenvalue weighted by molar-refractivity contribution is 5.60. The number of rotatable bonds is 4. The van der Waals surface area contributed by atoms with E-state index in [4.69, 9.17) is 0 Å². The molecular formula is C12H18N4. The van der Waals surface area contributed by atoms with Crippen LogP contribution in [0.1, 0.15) is 11.3 Å². The third kappa shape index (κ3) is 1.88. The van der Waals surface area contributed by atoms with Gasteiger partial charge in [0, 0.05) is 26.2 Å². The normalized spacial score (nSPS) is 10.9. The zero-order valence-electron chi connectivity index (χ0n) is 10.0. The number of aryl methyl sites for hydroxylation is 1. The van der Waals surface area contributed by atoms with E-state index in [9.17, 15) is 0 Å². The average molecular weight is 218 g/mol. The van der Waals surface area contributed by atoms with Gasteiger partial charge in [0.1, 0.15) is 0 Å². The zero-order chi connectivity index (χ0) is 11.5. The predicted molar refractivity (Wildman–Crippen MR) is 65.4 cm³/mol. The van der Waals surface area contributed by atoms with Crippen LogP contribution in [0.4, 0.5) is 0 Å². The molecule has 4 nitrogen and oxygen atoms in total. The Bertz CT molecular complexity index is 454. The van der Waals surface area contributed by atoms with Crippen LogP contribution in [0, 0.1) is 6.92 Å². The molecule has 0 unspecified atom stereocenters. The van der Waals surface area contributed by atoms with Crippen LogP contribution in [-0.2, 0) is 13.5 Å². The Morgan fingerprint density at radius 1 is 1.50 bits per heavy atom. The molecule has 0 aliphatic carbocycles. The maximum atomic E-state index is 4.56. The molecule has 2 aromatic rings. The van der Waals surface area contributed by atoms with Crippen LogP contribution in [0.5, 0.6) is 0 Å². The maximum Gasteiger partial charge on any atom is 0.0873 e. The number of nitrogens with one attached hydrogen (secondary N) is 2. The Morgan fingerprint density at radius 3 is 2.94 bits per heavy atom. The smallest absolute Gasteiger partial charge is 0.0873 e. The van der Waals surface area contributed by atoms with Gasteiger partial charge in [0.25, 0.3) is 0 Å². The van der Waals surface area contributed by atoms with Crippen molar-refractivity contribution in [3.63, 3.8) is 0 Å². The number of aromatic nitrogens is 3. The van der Waals surface area contributed by atoms with Crippen molar-refractivity contribution in [1.82, 2.24) is 20.1 Å². The lowest BCUT2D eigenvalue weighted by molar-refractivity contribution is 0.719. The summed E-state index contributed by atoms with van der Waals surface area (Å²) in [6, 6.07) is 4.08. The van der Waals surface area contributed by atoms with Crippen LogP contribution < -0.4 is 5.32 Å². The number of nitrogens with zero attached hydrogens (tertiary/aromatic N) is 2. The molecule has 0 radical (unpaired) electrons. The Hall–Kier alpha value is -1.55. The molecule has 0 saturated heterocycles. The monoisotopic (exact) mass is 218 g/mol. The van der Waals surface area contributed by atoms with Crippen molar-refractivity contribution >= 4 is 0 Å². The number of likely N-dealkylation sites (N-methyl/N-ethyl adjacent to an activating group) is 1. The Kier molecular flexibility index (Phi) is 3.10. The summed E-state index contributed by atoms with van der Waals surface area (Å²) in [5, 5.41) is 7.71. The summed E-state index contributed by atoms with van der Waals surface area (Å²) in [4.78, 5) is 3.23. The highest BCUT2D eigenvalue weighted by Crippen LogP contribution is 2.23. The van der Waals surface area contributed by atoms with E-state index >= 15 is 0 Å². The molecule has 0 fully saturated rings. The van der Waals surface area contributed by atoms with Gasteiger partial charge >= 0.3 is 0 Å². The maximum absolute atomic E-state index is 4.56. The summed E-state index contributed by atoms with van der Waals surface area (Å²) in [5.74, 6) is 0. The summed E-state index contributed by atoms with van der Waals surface area (Å²) in [6.07, 6.45) is 2.91. The lowest BCUT2D eigenvalue weighted by Gasteiger charge is -2.00. The Labute approximate surface area is 95.7 Å². The molecule has 86 valence electrons. The Balaban J connectivity index is 2.36. The number of hydrogen-bond acceptors (Lipinski definition) is 2. The van der Waals surface area contributed by atoms with E-state index in [0.29, 0.717) is 0 Å². The molecule has 4 heteroatoms. The third-order valence-corrected chi connectivity index (χ3v) is 2.85. The topological polar surface area (TPSA) is 45.6 Å². The largest absolute Gasteiger partial charge is 0.360 e. The molecule has 0 aliphatic heterocycles. The van der Waals surface area contributed by atoms with Crippen LogP contribution in [0.2, 0.25) is 0 Å². The SMILES string of the molecule is CNCCc1nn(C)c(-c2ccc[nH]2)c1C. The second-order valence-electron chi connectivity index (χ2n) is 3.98. The lowest BCUT2D eigenvalue weighted by Crippen LogP contribution is -2.11. The standard InChI is InChI=1S/C12H18N4/c1-9-10(6-8-13-2)15-16(3)12(9)11-5-4-7-14-11/h4-5,7,13-14H,6,8H2,1-3H3. The van der Waals surface area contributed by atoms with E-state index < -0.39 is 0 Å². The fourth-order valence-corrected chi connectivity index (χ4v) is 2.02. The van der Waals surface area contributed by atoms with Crippen molar-refractivity contribution in [3.8, 4) is 11.4 Å². The Morgan fingerprint density at radius 2 is 2.31 bits per heavy atom. The molecule has 0 aromatic carbocycles. The first-order chi connectivity index (χ1) is 7.74. The molecule has 16 heavy (non-hydrogen) atoms. The molecule has 0 spiro atoms. The van der Waals surface area contributed by atoms with Crippen LogP contribution in [0.3, 0.4) is 0 Å². The van der Waals surface area contributed by atoms with Gasteiger partial charge in [-0.2, -0.15) is 5.10 Å². The third-order valence-electron chi connectivity index (χ3n) is 2.85. The van der Waals surface area contributed by atoms with Gasteiger partial charge in [-0.3, -0.25) is 4.68 Å². The van der Waals surface area contributed by atoms with Gasteiger partial charge < -0.3 is 10.3 Å². The van der Waals surface area contributed by atoms with Crippen molar-refractivity contribution in [2.75, 3.05) is 13.6 Å². The van der Waals surface area contributed by atoms with E-state index in [1.165, 1.54) is 17.0 Å².